The highest BCUT2D eigenvalue weighted by Gasteiger charge is 2.40. The number of rotatable bonds is 1. The lowest BCUT2D eigenvalue weighted by Gasteiger charge is -2.39. The van der Waals surface area contributed by atoms with Gasteiger partial charge in [-0.2, -0.15) is 0 Å². The van der Waals surface area contributed by atoms with Crippen molar-refractivity contribution in [3.63, 3.8) is 0 Å². The monoisotopic (exact) mass is 176 g/mol. The fourth-order valence-electron chi connectivity index (χ4n) is 1.29. The molecule has 1 fully saturated rings. The van der Waals surface area contributed by atoms with Gasteiger partial charge in [-0.15, -0.1) is 0 Å². The van der Waals surface area contributed by atoms with Gasteiger partial charge in [0, 0.05) is 18.0 Å². The fraction of sp³-hybridized carbons (Fsp3) is 1.00. The highest BCUT2D eigenvalue weighted by atomic mass is 32.2. The molecule has 0 saturated carbocycles. The second-order valence-corrected chi connectivity index (χ2v) is 4.79. The molecule has 0 aliphatic carbocycles. The molecule has 1 aliphatic heterocycles. The van der Waals surface area contributed by atoms with Gasteiger partial charge in [0.1, 0.15) is 0 Å². The van der Waals surface area contributed by atoms with E-state index in [1.807, 2.05) is 6.92 Å². The average molecular weight is 176 g/mol. The van der Waals surface area contributed by atoms with Crippen LogP contribution < -0.4 is 0 Å². The van der Waals surface area contributed by atoms with Crippen LogP contribution in [-0.2, 0) is 4.18 Å². The van der Waals surface area contributed by atoms with Crippen molar-refractivity contribution in [1.82, 2.24) is 0 Å². The van der Waals surface area contributed by atoms with Crippen LogP contribution in [0.2, 0.25) is 0 Å². The molecule has 3 atom stereocenters. The average Bonchev–Trinajstić information content (AvgIpc) is 2.00. The summed E-state index contributed by atoms with van der Waals surface area (Å²) < 4.78 is 5.22. The normalized spacial score (nSPS) is 45.8. The van der Waals surface area contributed by atoms with E-state index < -0.39 is 0 Å². The molecule has 2 nitrogen and oxygen atoms in total. The molecule has 1 N–H and O–H groups in total. The van der Waals surface area contributed by atoms with Crippen molar-refractivity contribution in [1.29, 1.82) is 0 Å². The predicted molar refractivity (Wildman–Crippen MR) is 47.4 cm³/mol. The highest BCUT2D eigenvalue weighted by molar-refractivity contribution is 7.96. The Kier molecular flexibility index (Phi) is 2.84. The van der Waals surface area contributed by atoms with E-state index in [0.29, 0.717) is 6.61 Å². The van der Waals surface area contributed by atoms with Crippen LogP contribution in [0, 0.1) is 5.92 Å². The molecule has 0 spiro atoms. The van der Waals surface area contributed by atoms with Gasteiger partial charge in [-0.05, 0) is 13.3 Å². The summed E-state index contributed by atoms with van der Waals surface area (Å²) in [5, 5.41) is 9.80. The number of aliphatic hydroxyl groups is 1. The van der Waals surface area contributed by atoms with Crippen LogP contribution in [0.15, 0.2) is 0 Å². The Bertz CT molecular complexity index is 140. The third kappa shape index (κ3) is 1.71. The first kappa shape index (κ1) is 9.36. The summed E-state index contributed by atoms with van der Waals surface area (Å²) >= 11 is 1.43. The molecule has 0 aromatic rings. The zero-order chi connectivity index (χ0) is 8.48. The van der Waals surface area contributed by atoms with E-state index in [0.717, 1.165) is 6.42 Å². The molecule has 1 heterocycles. The lowest BCUT2D eigenvalue weighted by atomic mass is 9.91. The van der Waals surface area contributed by atoms with Crippen LogP contribution in [0.5, 0.6) is 0 Å². The largest absolute Gasteiger partial charge is 0.391 e. The van der Waals surface area contributed by atoms with Crippen molar-refractivity contribution >= 4 is 12.0 Å². The van der Waals surface area contributed by atoms with E-state index in [2.05, 4.69) is 13.8 Å². The molecule has 1 aliphatic rings. The second kappa shape index (κ2) is 3.33. The Labute approximate surface area is 72.5 Å². The quantitative estimate of drug-likeness (QED) is 0.618. The first-order valence-corrected chi connectivity index (χ1v) is 4.83. The van der Waals surface area contributed by atoms with Gasteiger partial charge in [0.05, 0.1) is 17.5 Å². The van der Waals surface area contributed by atoms with Crippen molar-refractivity contribution < 1.29 is 9.29 Å². The molecule has 0 amide bonds. The van der Waals surface area contributed by atoms with Gasteiger partial charge in [-0.25, -0.2) is 0 Å². The number of hydrogen-bond acceptors (Lipinski definition) is 3. The molecule has 1 rings (SSSR count). The van der Waals surface area contributed by atoms with Crippen LogP contribution in [0.3, 0.4) is 0 Å². The minimum absolute atomic E-state index is 0.0995. The van der Waals surface area contributed by atoms with Gasteiger partial charge < -0.3 is 9.29 Å². The van der Waals surface area contributed by atoms with Gasteiger partial charge in [0.2, 0.25) is 0 Å². The molecule has 0 bridgehead atoms. The van der Waals surface area contributed by atoms with E-state index in [-0.39, 0.29) is 16.8 Å². The van der Waals surface area contributed by atoms with Crippen LogP contribution in [0.1, 0.15) is 27.2 Å². The molecule has 66 valence electrons. The predicted octanol–water partition coefficient (Wildman–Crippen LogP) is 1.83. The lowest BCUT2D eigenvalue weighted by molar-refractivity contribution is 0.0383. The minimum atomic E-state index is -0.230. The van der Waals surface area contributed by atoms with E-state index in [9.17, 15) is 5.11 Å². The van der Waals surface area contributed by atoms with Crippen molar-refractivity contribution in [3.8, 4) is 0 Å². The molecule has 0 aromatic heterocycles. The first-order valence-electron chi connectivity index (χ1n) is 4.09. The van der Waals surface area contributed by atoms with Gasteiger partial charge in [0.25, 0.3) is 0 Å². The fourth-order valence-corrected chi connectivity index (χ4v) is 2.29. The maximum absolute atomic E-state index is 9.80. The van der Waals surface area contributed by atoms with Crippen LogP contribution in [-0.4, -0.2) is 22.6 Å². The molecular formula is C8H16O2S. The maximum Gasteiger partial charge on any atom is 0.0754 e. The third-order valence-corrected chi connectivity index (χ3v) is 3.61. The zero-order valence-corrected chi connectivity index (χ0v) is 8.15. The van der Waals surface area contributed by atoms with Crippen LogP contribution in [0.4, 0.5) is 0 Å². The van der Waals surface area contributed by atoms with E-state index in [1.165, 1.54) is 12.0 Å². The van der Waals surface area contributed by atoms with Gasteiger partial charge in [-0.3, -0.25) is 0 Å². The smallest absolute Gasteiger partial charge is 0.0754 e. The maximum atomic E-state index is 9.80. The van der Waals surface area contributed by atoms with Gasteiger partial charge >= 0.3 is 0 Å². The zero-order valence-electron chi connectivity index (χ0n) is 7.33. The summed E-state index contributed by atoms with van der Waals surface area (Å²) in [6, 6.07) is 0. The molecule has 0 aromatic carbocycles. The third-order valence-electron chi connectivity index (χ3n) is 2.45. The molecule has 3 heteroatoms. The Morgan fingerprint density at radius 1 is 1.73 bits per heavy atom. The minimum Gasteiger partial charge on any atom is -0.391 e. The Hall–Kier alpha value is 0.270. The summed E-state index contributed by atoms with van der Waals surface area (Å²) in [4.78, 5) is 0. The Morgan fingerprint density at radius 3 is 2.82 bits per heavy atom. The summed E-state index contributed by atoms with van der Waals surface area (Å²) in [6.45, 7) is 6.83. The highest BCUT2D eigenvalue weighted by Crippen LogP contribution is 2.40. The topological polar surface area (TPSA) is 29.5 Å². The molecule has 0 unspecified atom stereocenters. The Balaban J connectivity index is 2.64. The van der Waals surface area contributed by atoms with Crippen molar-refractivity contribution in [2.24, 2.45) is 5.92 Å². The van der Waals surface area contributed by atoms with Crippen molar-refractivity contribution in [2.75, 3.05) is 6.61 Å². The second-order valence-electron chi connectivity index (χ2n) is 3.46. The SMILES string of the molecule is CC[C@@]1(C)SOC[C@H](C)[C@@H]1O. The first-order chi connectivity index (χ1) is 5.10. The molecular weight excluding hydrogens is 160 g/mol. The van der Waals surface area contributed by atoms with Gasteiger partial charge in [0.15, 0.2) is 0 Å². The van der Waals surface area contributed by atoms with Crippen LogP contribution in [0.25, 0.3) is 0 Å². The van der Waals surface area contributed by atoms with E-state index in [4.69, 9.17) is 4.18 Å². The summed E-state index contributed by atoms with van der Waals surface area (Å²) in [7, 11) is 0. The summed E-state index contributed by atoms with van der Waals surface area (Å²) in [5.74, 6) is 0.265. The van der Waals surface area contributed by atoms with E-state index >= 15 is 0 Å². The summed E-state index contributed by atoms with van der Waals surface area (Å²) in [6.07, 6.45) is 0.717. The van der Waals surface area contributed by atoms with Crippen LogP contribution >= 0.6 is 12.0 Å². The van der Waals surface area contributed by atoms with Crippen molar-refractivity contribution in [2.45, 2.75) is 38.0 Å². The van der Waals surface area contributed by atoms with Gasteiger partial charge in [-0.1, -0.05) is 13.8 Å². The van der Waals surface area contributed by atoms with Crippen molar-refractivity contribution in [3.05, 3.63) is 0 Å². The van der Waals surface area contributed by atoms with E-state index in [1.54, 1.807) is 0 Å². The molecule has 11 heavy (non-hydrogen) atoms. The standard InChI is InChI=1S/C8H16O2S/c1-4-8(3)7(9)6(2)5-10-11-8/h6-7,9H,4-5H2,1-3H3/t6-,7-,8+/m0/s1. The number of aliphatic hydroxyl groups excluding tert-OH is 1. The number of hydrogen-bond donors (Lipinski definition) is 1. The molecule has 0 radical (unpaired) electrons. The Morgan fingerprint density at radius 2 is 2.36 bits per heavy atom. The summed E-state index contributed by atoms with van der Waals surface area (Å²) in [5.41, 5.74) is 0. The lowest BCUT2D eigenvalue weighted by Crippen LogP contribution is -2.45. The molecule has 1 saturated heterocycles.